The fourth-order valence-electron chi connectivity index (χ4n) is 2.23. The number of unbranched alkanes of at least 4 members (excludes halogenated alkanes) is 1. The van der Waals surface area contributed by atoms with E-state index in [1.807, 2.05) is 42.1 Å². The third-order valence-corrected chi connectivity index (χ3v) is 4.65. The van der Waals surface area contributed by atoms with E-state index in [2.05, 4.69) is 42.1 Å². The van der Waals surface area contributed by atoms with Crippen molar-refractivity contribution in [3.63, 3.8) is 0 Å². The van der Waals surface area contributed by atoms with Gasteiger partial charge in [-0.05, 0) is 31.4 Å². The number of nitrogens with one attached hydrogen (secondary N) is 1. The van der Waals surface area contributed by atoms with Crippen molar-refractivity contribution < 1.29 is 0 Å². The molecule has 0 aromatic heterocycles. The quantitative estimate of drug-likeness (QED) is 0.663. The van der Waals surface area contributed by atoms with Gasteiger partial charge < -0.3 is 0 Å². The van der Waals surface area contributed by atoms with Crippen LogP contribution >= 0.6 is 11.8 Å². The lowest BCUT2D eigenvalue weighted by Gasteiger charge is -2.21. The molecule has 0 aliphatic carbocycles. The number of nitrogens with zero attached hydrogens (tertiary/aromatic N) is 1. The second kappa shape index (κ2) is 8.94. The molecule has 0 bridgehead atoms. The van der Waals surface area contributed by atoms with Crippen LogP contribution in [0.4, 0.5) is 0 Å². The van der Waals surface area contributed by atoms with Crippen LogP contribution in [-0.4, -0.2) is 37.0 Å². The summed E-state index contributed by atoms with van der Waals surface area (Å²) < 4.78 is 0. The highest BCUT2D eigenvalue weighted by molar-refractivity contribution is 8.03. The Morgan fingerprint density at radius 1 is 1.43 bits per heavy atom. The van der Waals surface area contributed by atoms with Crippen LogP contribution in [0.2, 0.25) is 0 Å². The van der Waals surface area contributed by atoms with Gasteiger partial charge in [-0.2, -0.15) is 0 Å². The van der Waals surface area contributed by atoms with E-state index >= 15 is 0 Å². The molecule has 3 heteroatoms. The van der Waals surface area contributed by atoms with E-state index in [0.29, 0.717) is 6.17 Å². The van der Waals surface area contributed by atoms with Crippen LogP contribution in [0.3, 0.4) is 0 Å². The summed E-state index contributed by atoms with van der Waals surface area (Å²) in [7, 11) is 2.17. The molecule has 0 radical (unpaired) electrons. The Labute approximate surface area is 133 Å². The van der Waals surface area contributed by atoms with Crippen molar-refractivity contribution in [2.75, 3.05) is 25.9 Å². The minimum absolute atomic E-state index is 0.330. The van der Waals surface area contributed by atoms with Gasteiger partial charge in [-0.3, -0.25) is 10.2 Å². The summed E-state index contributed by atoms with van der Waals surface area (Å²) in [6.45, 7) is 4.39. The largest absolute Gasteiger partial charge is 0.296 e. The lowest BCUT2D eigenvalue weighted by molar-refractivity contribution is 0.340. The van der Waals surface area contributed by atoms with Gasteiger partial charge in [0.25, 0.3) is 0 Å². The van der Waals surface area contributed by atoms with Crippen molar-refractivity contribution in [2.45, 2.75) is 25.9 Å². The molecule has 2 nitrogen and oxygen atoms in total. The molecule has 1 heterocycles. The van der Waals surface area contributed by atoms with Crippen LogP contribution < -0.4 is 5.32 Å². The van der Waals surface area contributed by atoms with Gasteiger partial charge in [0.15, 0.2) is 0 Å². The van der Waals surface area contributed by atoms with Gasteiger partial charge in [-0.25, -0.2) is 0 Å². The SMILES string of the molecule is CCCCS/C(=C\C#Cc1ccccc1)C1NCCN1C. The number of benzene rings is 1. The maximum Gasteiger partial charge on any atom is 0.0925 e. The summed E-state index contributed by atoms with van der Waals surface area (Å²) in [6, 6.07) is 10.2. The number of likely N-dealkylation sites (N-methyl/N-ethyl adjacent to an activating group) is 1. The van der Waals surface area contributed by atoms with Crippen molar-refractivity contribution >= 4 is 11.8 Å². The molecule has 0 spiro atoms. The fraction of sp³-hybridized carbons (Fsp3) is 0.444. The van der Waals surface area contributed by atoms with E-state index in [0.717, 1.165) is 18.7 Å². The van der Waals surface area contributed by atoms with E-state index in [1.165, 1.54) is 23.5 Å². The lowest BCUT2D eigenvalue weighted by atomic mass is 10.2. The number of rotatable bonds is 5. The standard InChI is InChI=1S/C18H24N2S/c1-3-4-15-21-17(18-19-13-14-20(18)2)12-8-11-16-9-6-5-7-10-16/h5-7,9-10,12,18-19H,3-4,13-15H2,1-2H3/b17-12-. The molecule has 0 amide bonds. The van der Waals surface area contributed by atoms with Crippen molar-refractivity contribution in [1.29, 1.82) is 0 Å². The lowest BCUT2D eigenvalue weighted by Crippen LogP contribution is -2.33. The van der Waals surface area contributed by atoms with Crippen LogP contribution in [-0.2, 0) is 0 Å². The monoisotopic (exact) mass is 300 g/mol. The highest BCUT2D eigenvalue weighted by atomic mass is 32.2. The Balaban J connectivity index is 2.07. The Morgan fingerprint density at radius 2 is 2.24 bits per heavy atom. The third kappa shape index (κ3) is 5.24. The van der Waals surface area contributed by atoms with Crippen molar-refractivity contribution in [1.82, 2.24) is 10.2 Å². The topological polar surface area (TPSA) is 15.3 Å². The summed E-state index contributed by atoms with van der Waals surface area (Å²) in [5.74, 6) is 7.61. The molecule has 21 heavy (non-hydrogen) atoms. The molecule has 0 saturated carbocycles. The summed E-state index contributed by atoms with van der Waals surface area (Å²) in [5, 5.41) is 3.55. The summed E-state index contributed by atoms with van der Waals surface area (Å²) in [6.07, 6.45) is 4.92. The zero-order valence-corrected chi connectivity index (χ0v) is 13.7. The molecule has 1 atom stereocenters. The van der Waals surface area contributed by atoms with E-state index in [4.69, 9.17) is 0 Å². The minimum Gasteiger partial charge on any atom is -0.296 e. The van der Waals surface area contributed by atoms with Gasteiger partial charge in [-0.1, -0.05) is 43.4 Å². The Bertz CT molecular complexity index is 513. The average molecular weight is 300 g/mol. The van der Waals surface area contributed by atoms with Crippen molar-refractivity contribution in [3.8, 4) is 11.8 Å². The summed E-state index contributed by atoms with van der Waals surface area (Å²) >= 11 is 1.94. The predicted molar refractivity (Wildman–Crippen MR) is 93.2 cm³/mol. The van der Waals surface area contributed by atoms with E-state index in [9.17, 15) is 0 Å². The zero-order chi connectivity index (χ0) is 14.9. The van der Waals surface area contributed by atoms with Crippen LogP contribution in [0.5, 0.6) is 0 Å². The van der Waals surface area contributed by atoms with Gasteiger partial charge in [-0.15, -0.1) is 11.8 Å². The average Bonchev–Trinajstić information content (AvgIpc) is 2.93. The predicted octanol–water partition coefficient (Wildman–Crippen LogP) is 3.32. The molecular formula is C18H24N2S. The molecule has 1 aliphatic heterocycles. The number of hydrogen-bond acceptors (Lipinski definition) is 3. The molecule has 1 saturated heterocycles. The Morgan fingerprint density at radius 3 is 2.90 bits per heavy atom. The zero-order valence-electron chi connectivity index (χ0n) is 12.9. The highest BCUT2D eigenvalue weighted by Gasteiger charge is 2.23. The maximum atomic E-state index is 3.55. The van der Waals surface area contributed by atoms with E-state index in [1.54, 1.807) is 0 Å². The first-order valence-electron chi connectivity index (χ1n) is 7.64. The molecule has 2 rings (SSSR count). The Kier molecular flexibility index (Phi) is 6.88. The first-order valence-corrected chi connectivity index (χ1v) is 8.63. The summed E-state index contributed by atoms with van der Waals surface area (Å²) in [4.78, 5) is 3.70. The third-order valence-electron chi connectivity index (χ3n) is 3.48. The van der Waals surface area contributed by atoms with Crippen LogP contribution in [0, 0.1) is 11.8 Å². The fourth-order valence-corrected chi connectivity index (χ4v) is 3.46. The van der Waals surface area contributed by atoms with Crippen molar-refractivity contribution in [2.24, 2.45) is 0 Å². The number of hydrogen-bond donors (Lipinski definition) is 1. The first-order chi connectivity index (χ1) is 10.3. The van der Waals surface area contributed by atoms with E-state index in [-0.39, 0.29) is 0 Å². The molecule has 1 fully saturated rings. The highest BCUT2D eigenvalue weighted by Crippen LogP contribution is 2.24. The van der Waals surface area contributed by atoms with Crippen LogP contribution in [0.1, 0.15) is 25.3 Å². The molecule has 1 N–H and O–H groups in total. The van der Waals surface area contributed by atoms with Crippen LogP contribution in [0.25, 0.3) is 0 Å². The van der Waals surface area contributed by atoms with Gasteiger partial charge in [0, 0.05) is 29.6 Å². The summed E-state index contributed by atoms with van der Waals surface area (Å²) in [5.41, 5.74) is 1.07. The molecule has 1 aromatic rings. The van der Waals surface area contributed by atoms with Gasteiger partial charge in [0.05, 0.1) is 6.17 Å². The number of thioether (sulfide) groups is 1. The molecule has 1 aliphatic rings. The van der Waals surface area contributed by atoms with E-state index < -0.39 is 0 Å². The normalized spacial score (nSPS) is 19.3. The maximum absolute atomic E-state index is 3.55. The molecule has 112 valence electrons. The molecule has 1 unspecified atom stereocenters. The second-order valence-corrected chi connectivity index (χ2v) is 6.39. The van der Waals surface area contributed by atoms with Gasteiger partial charge >= 0.3 is 0 Å². The number of allylic oxidation sites excluding steroid dienone is 1. The van der Waals surface area contributed by atoms with Crippen molar-refractivity contribution in [3.05, 3.63) is 46.9 Å². The Hall–Kier alpha value is -1.21. The van der Waals surface area contributed by atoms with Crippen LogP contribution in [0.15, 0.2) is 41.3 Å². The minimum atomic E-state index is 0.330. The first kappa shape index (κ1) is 16.2. The smallest absolute Gasteiger partial charge is 0.0925 e. The second-order valence-electron chi connectivity index (χ2n) is 5.22. The molecular weight excluding hydrogens is 276 g/mol. The van der Waals surface area contributed by atoms with Gasteiger partial charge in [0.1, 0.15) is 0 Å². The van der Waals surface area contributed by atoms with Gasteiger partial charge in [0.2, 0.25) is 0 Å². The molecule has 1 aromatic carbocycles.